The van der Waals surface area contributed by atoms with Crippen LogP contribution in [0.4, 0.5) is 5.95 Å². The van der Waals surface area contributed by atoms with Gasteiger partial charge in [-0.25, -0.2) is 0 Å². The predicted octanol–water partition coefficient (Wildman–Crippen LogP) is 2.36. The van der Waals surface area contributed by atoms with Crippen LogP contribution < -0.4 is 10.2 Å². The molecule has 1 aromatic rings. The van der Waals surface area contributed by atoms with Gasteiger partial charge in [0.25, 0.3) is 0 Å². The Balaban J connectivity index is 1.48. The van der Waals surface area contributed by atoms with Crippen molar-refractivity contribution < 1.29 is 0 Å². The van der Waals surface area contributed by atoms with Gasteiger partial charge in [0.2, 0.25) is 5.95 Å². The number of anilines is 1. The fraction of sp³-hybridized carbons (Fsp3) is 0.875. The van der Waals surface area contributed by atoms with Crippen molar-refractivity contribution in [1.82, 2.24) is 20.5 Å². The van der Waals surface area contributed by atoms with Gasteiger partial charge in [0.1, 0.15) is 5.82 Å². The Labute approximate surface area is 127 Å². The van der Waals surface area contributed by atoms with Crippen LogP contribution in [0.3, 0.4) is 0 Å². The molecule has 5 nitrogen and oxygen atoms in total. The second-order valence-electron chi connectivity index (χ2n) is 6.67. The van der Waals surface area contributed by atoms with Crippen LogP contribution in [0.25, 0.3) is 0 Å². The maximum Gasteiger partial charge on any atom is 0.244 e. The normalized spacial score (nSPS) is 21.3. The van der Waals surface area contributed by atoms with Gasteiger partial charge in [-0.1, -0.05) is 32.6 Å². The average molecular weight is 291 g/mol. The molecular weight excluding hydrogens is 262 g/mol. The van der Waals surface area contributed by atoms with Crippen LogP contribution in [0.15, 0.2) is 0 Å². The van der Waals surface area contributed by atoms with Crippen molar-refractivity contribution in [2.45, 2.75) is 51.9 Å². The Kier molecular flexibility index (Phi) is 5.12. The van der Waals surface area contributed by atoms with Crippen molar-refractivity contribution in [3.05, 3.63) is 5.82 Å². The lowest BCUT2D eigenvalue weighted by molar-refractivity contribution is 0.384. The van der Waals surface area contributed by atoms with Crippen molar-refractivity contribution in [2.24, 2.45) is 11.8 Å². The zero-order chi connectivity index (χ0) is 14.5. The topological polar surface area (TPSA) is 56.8 Å². The van der Waals surface area contributed by atoms with Crippen LogP contribution in [0.1, 0.15) is 51.3 Å². The molecule has 0 atom stereocenters. The molecule has 2 N–H and O–H groups in total. The van der Waals surface area contributed by atoms with Crippen LogP contribution in [0.2, 0.25) is 0 Å². The molecular formula is C16H29N5. The predicted molar refractivity (Wildman–Crippen MR) is 85.5 cm³/mol. The van der Waals surface area contributed by atoms with Gasteiger partial charge < -0.3 is 10.2 Å². The summed E-state index contributed by atoms with van der Waals surface area (Å²) in [6.45, 7) is 6.60. The molecule has 0 aromatic carbocycles. The monoisotopic (exact) mass is 291 g/mol. The summed E-state index contributed by atoms with van der Waals surface area (Å²) in [6.07, 6.45) is 9.11. The summed E-state index contributed by atoms with van der Waals surface area (Å²) in [5.41, 5.74) is 0. The minimum atomic E-state index is 0.818. The molecule has 2 aliphatic rings. The van der Waals surface area contributed by atoms with Gasteiger partial charge in [-0.2, -0.15) is 4.98 Å². The van der Waals surface area contributed by atoms with E-state index in [0.29, 0.717) is 0 Å². The third-order valence-corrected chi connectivity index (χ3v) is 5.06. The Morgan fingerprint density at radius 2 is 1.90 bits per heavy atom. The Bertz CT molecular complexity index is 416. The summed E-state index contributed by atoms with van der Waals surface area (Å²) in [4.78, 5) is 7.07. The van der Waals surface area contributed by atoms with E-state index in [1.54, 1.807) is 0 Å². The Morgan fingerprint density at radius 1 is 1.14 bits per heavy atom. The van der Waals surface area contributed by atoms with E-state index >= 15 is 0 Å². The van der Waals surface area contributed by atoms with Gasteiger partial charge in [0.05, 0.1) is 0 Å². The minimum Gasteiger partial charge on any atom is -0.340 e. The van der Waals surface area contributed by atoms with E-state index in [0.717, 1.165) is 56.2 Å². The van der Waals surface area contributed by atoms with Crippen molar-refractivity contribution in [2.75, 3.05) is 31.1 Å². The van der Waals surface area contributed by atoms with Crippen LogP contribution in [0.5, 0.6) is 0 Å². The number of hydrogen-bond acceptors (Lipinski definition) is 4. The molecule has 0 unspecified atom stereocenters. The summed E-state index contributed by atoms with van der Waals surface area (Å²) in [5, 5.41) is 11.1. The van der Waals surface area contributed by atoms with Crippen LogP contribution in [0, 0.1) is 11.8 Å². The second kappa shape index (κ2) is 7.25. The number of nitrogens with zero attached hydrogens (tertiary/aromatic N) is 3. The molecule has 2 heterocycles. The summed E-state index contributed by atoms with van der Waals surface area (Å²) in [7, 11) is 0. The second-order valence-corrected chi connectivity index (χ2v) is 6.67. The SMILES string of the molecule is CCNCC1CCN(c2n[nH]c(CC3CCCC3)n2)CC1. The number of nitrogens with one attached hydrogen (secondary N) is 2. The number of aromatic nitrogens is 3. The van der Waals surface area contributed by atoms with Crippen LogP contribution in [-0.2, 0) is 6.42 Å². The highest BCUT2D eigenvalue weighted by Gasteiger charge is 2.22. The fourth-order valence-electron chi connectivity index (χ4n) is 3.69. The molecule has 2 fully saturated rings. The first-order valence-corrected chi connectivity index (χ1v) is 8.72. The first-order chi connectivity index (χ1) is 10.3. The summed E-state index contributed by atoms with van der Waals surface area (Å²) >= 11 is 0. The van der Waals surface area contributed by atoms with Crippen molar-refractivity contribution >= 4 is 5.95 Å². The highest BCUT2D eigenvalue weighted by molar-refractivity contribution is 5.29. The fourth-order valence-corrected chi connectivity index (χ4v) is 3.69. The van der Waals surface area contributed by atoms with E-state index in [-0.39, 0.29) is 0 Å². The molecule has 118 valence electrons. The van der Waals surface area contributed by atoms with Crippen molar-refractivity contribution in [3.8, 4) is 0 Å². The lowest BCUT2D eigenvalue weighted by Gasteiger charge is -2.31. The lowest BCUT2D eigenvalue weighted by atomic mass is 9.97. The number of rotatable bonds is 6. The van der Waals surface area contributed by atoms with Crippen LogP contribution >= 0.6 is 0 Å². The zero-order valence-corrected chi connectivity index (χ0v) is 13.3. The van der Waals surface area contributed by atoms with E-state index in [4.69, 9.17) is 4.98 Å². The van der Waals surface area contributed by atoms with Gasteiger partial charge >= 0.3 is 0 Å². The van der Waals surface area contributed by atoms with E-state index in [9.17, 15) is 0 Å². The van der Waals surface area contributed by atoms with E-state index < -0.39 is 0 Å². The van der Waals surface area contributed by atoms with Gasteiger partial charge in [0.15, 0.2) is 0 Å². The number of piperidine rings is 1. The molecule has 0 radical (unpaired) electrons. The molecule has 1 aliphatic heterocycles. The van der Waals surface area contributed by atoms with E-state index in [2.05, 4.69) is 27.3 Å². The summed E-state index contributed by atoms with van der Waals surface area (Å²) in [6, 6.07) is 0. The molecule has 3 rings (SSSR count). The average Bonchev–Trinajstić information content (AvgIpc) is 3.18. The first-order valence-electron chi connectivity index (χ1n) is 8.72. The molecule has 0 spiro atoms. The third kappa shape index (κ3) is 3.96. The highest BCUT2D eigenvalue weighted by Crippen LogP contribution is 2.27. The van der Waals surface area contributed by atoms with Gasteiger partial charge in [-0.15, -0.1) is 5.10 Å². The molecule has 1 aromatic heterocycles. The maximum absolute atomic E-state index is 4.73. The third-order valence-electron chi connectivity index (χ3n) is 5.06. The molecule has 1 saturated heterocycles. The standard InChI is InChI=1S/C16H29N5/c1-2-17-12-14-7-9-21(10-8-14)16-18-15(19-20-16)11-13-5-3-4-6-13/h13-14,17H,2-12H2,1H3,(H,18,19,20). The molecule has 21 heavy (non-hydrogen) atoms. The number of hydrogen-bond donors (Lipinski definition) is 2. The van der Waals surface area contributed by atoms with E-state index in [1.165, 1.54) is 38.5 Å². The summed E-state index contributed by atoms with van der Waals surface area (Å²) < 4.78 is 0. The molecule has 0 bridgehead atoms. The number of aromatic amines is 1. The number of H-pyrrole nitrogens is 1. The zero-order valence-electron chi connectivity index (χ0n) is 13.3. The quantitative estimate of drug-likeness (QED) is 0.845. The highest BCUT2D eigenvalue weighted by atomic mass is 15.4. The maximum atomic E-state index is 4.73. The Hall–Kier alpha value is -1.10. The Morgan fingerprint density at radius 3 is 2.62 bits per heavy atom. The minimum absolute atomic E-state index is 0.818. The van der Waals surface area contributed by atoms with Gasteiger partial charge in [-0.3, -0.25) is 5.10 Å². The van der Waals surface area contributed by atoms with E-state index in [1.807, 2.05) is 0 Å². The van der Waals surface area contributed by atoms with Crippen molar-refractivity contribution in [3.63, 3.8) is 0 Å². The lowest BCUT2D eigenvalue weighted by Crippen LogP contribution is -2.37. The molecule has 1 aliphatic carbocycles. The largest absolute Gasteiger partial charge is 0.340 e. The van der Waals surface area contributed by atoms with Crippen LogP contribution in [-0.4, -0.2) is 41.4 Å². The van der Waals surface area contributed by atoms with Gasteiger partial charge in [-0.05, 0) is 37.8 Å². The molecule has 0 amide bonds. The van der Waals surface area contributed by atoms with Gasteiger partial charge in [0, 0.05) is 19.5 Å². The molecule has 1 saturated carbocycles. The smallest absolute Gasteiger partial charge is 0.244 e. The van der Waals surface area contributed by atoms with Crippen molar-refractivity contribution in [1.29, 1.82) is 0 Å². The molecule has 5 heteroatoms. The first kappa shape index (κ1) is 14.8. The summed E-state index contributed by atoms with van der Waals surface area (Å²) in [5.74, 6) is 3.66.